The van der Waals surface area contributed by atoms with Crippen molar-refractivity contribution in [3.05, 3.63) is 136 Å². The standard InChI is InChI=1S/C32H26ClN5O2S2/c33-24-13-15-25(16-14-24)38-30(28-12-7-19-40-28)36-37-32(38)42-21-29-35-27(20-41-29)31(39)34-18-17-26(22-8-3-1-4-9-22)23-10-5-2-6-11-23/h1-16,19-20,26H,17-18,21H2,(H,34,39). The van der Waals surface area contributed by atoms with E-state index in [1.165, 1.54) is 34.2 Å². The maximum atomic E-state index is 13.0. The van der Waals surface area contributed by atoms with Gasteiger partial charge in [-0.05, 0) is 53.9 Å². The highest BCUT2D eigenvalue weighted by Crippen LogP contribution is 2.31. The van der Waals surface area contributed by atoms with Crippen molar-refractivity contribution in [3.8, 4) is 17.3 Å². The van der Waals surface area contributed by atoms with Crippen LogP contribution in [-0.2, 0) is 5.75 Å². The van der Waals surface area contributed by atoms with Crippen molar-refractivity contribution in [1.29, 1.82) is 0 Å². The number of hydrogen-bond donors (Lipinski definition) is 1. The van der Waals surface area contributed by atoms with Gasteiger partial charge in [0.15, 0.2) is 10.9 Å². The molecule has 3 aromatic carbocycles. The molecular formula is C32H26ClN5O2S2. The molecule has 0 unspecified atom stereocenters. The average Bonchev–Trinajstić information content (AvgIpc) is 3.81. The third kappa shape index (κ3) is 6.49. The summed E-state index contributed by atoms with van der Waals surface area (Å²) < 4.78 is 7.52. The first kappa shape index (κ1) is 28.0. The molecule has 0 aliphatic rings. The molecular weight excluding hydrogens is 586 g/mol. The first-order valence-electron chi connectivity index (χ1n) is 13.4. The van der Waals surface area contributed by atoms with Crippen LogP contribution in [0.25, 0.3) is 17.3 Å². The quantitative estimate of drug-likeness (QED) is 0.150. The van der Waals surface area contributed by atoms with Crippen LogP contribution in [0.2, 0.25) is 5.02 Å². The molecule has 10 heteroatoms. The molecule has 0 saturated heterocycles. The summed E-state index contributed by atoms with van der Waals surface area (Å²) in [6, 6.07) is 31.9. The Bertz CT molecular complexity index is 1700. The van der Waals surface area contributed by atoms with Crippen LogP contribution in [0.3, 0.4) is 0 Å². The molecule has 0 bridgehead atoms. The lowest BCUT2D eigenvalue weighted by Gasteiger charge is -2.18. The molecule has 210 valence electrons. The summed E-state index contributed by atoms with van der Waals surface area (Å²) in [6.45, 7) is 0.536. The van der Waals surface area contributed by atoms with Crippen molar-refractivity contribution in [2.45, 2.75) is 23.2 Å². The van der Waals surface area contributed by atoms with E-state index in [1.807, 2.05) is 53.1 Å². The van der Waals surface area contributed by atoms with Crippen LogP contribution in [0.4, 0.5) is 0 Å². The van der Waals surface area contributed by atoms with E-state index in [-0.39, 0.29) is 11.8 Å². The Hall–Kier alpha value is -4.18. The average molecular weight is 612 g/mol. The molecule has 0 aliphatic carbocycles. The first-order chi connectivity index (χ1) is 20.7. The topological polar surface area (TPSA) is 85.8 Å². The second-order valence-corrected chi connectivity index (χ2v) is 11.8. The van der Waals surface area contributed by atoms with Crippen LogP contribution in [0.5, 0.6) is 0 Å². The van der Waals surface area contributed by atoms with Crippen molar-refractivity contribution >= 4 is 40.6 Å². The summed E-state index contributed by atoms with van der Waals surface area (Å²) in [5.74, 6) is 1.75. The Morgan fingerprint density at radius 2 is 1.64 bits per heavy atom. The van der Waals surface area contributed by atoms with Crippen LogP contribution >= 0.6 is 34.7 Å². The van der Waals surface area contributed by atoms with Gasteiger partial charge < -0.3 is 9.73 Å². The molecule has 3 aromatic heterocycles. The van der Waals surface area contributed by atoms with E-state index >= 15 is 0 Å². The van der Waals surface area contributed by atoms with Crippen molar-refractivity contribution in [2.24, 2.45) is 0 Å². The number of carbonyl (C=O) groups is 1. The minimum atomic E-state index is -0.174. The van der Waals surface area contributed by atoms with E-state index < -0.39 is 0 Å². The van der Waals surface area contributed by atoms with E-state index in [4.69, 9.17) is 16.0 Å². The summed E-state index contributed by atoms with van der Waals surface area (Å²) in [4.78, 5) is 17.6. The van der Waals surface area contributed by atoms with Crippen molar-refractivity contribution < 1.29 is 9.21 Å². The van der Waals surface area contributed by atoms with E-state index in [9.17, 15) is 4.79 Å². The van der Waals surface area contributed by atoms with Gasteiger partial charge in [-0.1, -0.05) is 84.0 Å². The van der Waals surface area contributed by atoms with Crippen molar-refractivity contribution in [2.75, 3.05) is 6.54 Å². The maximum Gasteiger partial charge on any atom is 0.270 e. The first-order valence-corrected chi connectivity index (χ1v) is 15.6. The van der Waals surface area contributed by atoms with Crippen LogP contribution in [0.1, 0.15) is 39.0 Å². The maximum absolute atomic E-state index is 13.0. The zero-order valence-electron chi connectivity index (χ0n) is 22.4. The zero-order valence-corrected chi connectivity index (χ0v) is 24.8. The Morgan fingerprint density at radius 1 is 0.929 bits per heavy atom. The summed E-state index contributed by atoms with van der Waals surface area (Å²) in [6.07, 6.45) is 2.39. The van der Waals surface area contributed by atoms with Crippen molar-refractivity contribution in [3.63, 3.8) is 0 Å². The highest BCUT2D eigenvalue weighted by molar-refractivity contribution is 7.98. The smallest absolute Gasteiger partial charge is 0.270 e. The number of aromatic nitrogens is 4. The summed E-state index contributed by atoms with van der Waals surface area (Å²) in [7, 11) is 0. The van der Waals surface area contributed by atoms with Gasteiger partial charge in [0.05, 0.1) is 12.0 Å². The van der Waals surface area contributed by atoms with E-state index in [0.29, 0.717) is 39.8 Å². The molecule has 0 fully saturated rings. The molecule has 7 nitrogen and oxygen atoms in total. The Morgan fingerprint density at radius 3 is 2.31 bits per heavy atom. The van der Waals surface area contributed by atoms with Crippen LogP contribution < -0.4 is 5.32 Å². The minimum Gasteiger partial charge on any atom is -0.461 e. The third-order valence-electron chi connectivity index (χ3n) is 6.69. The van der Waals surface area contributed by atoms with Gasteiger partial charge in [0.1, 0.15) is 10.7 Å². The molecule has 3 heterocycles. The SMILES string of the molecule is O=C(NCCC(c1ccccc1)c1ccccc1)c1csc(CSc2nnc(-c3ccco3)n2-c2ccc(Cl)cc2)n1. The second kappa shape index (κ2) is 13.2. The number of thioether (sulfide) groups is 1. The number of carbonyl (C=O) groups excluding carboxylic acids is 1. The fourth-order valence-electron chi connectivity index (χ4n) is 4.68. The summed E-state index contributed by atoms with van der Waals surface area (Å²) in [5.41, 5.74) is 3.74. The number of halogens is 1. The molecule has 0 aliphatic heterocycles. The van der Waals surface area contributed by atoms with Gasteiger partial charge in [0, 0.05) is 28.6 Å². The van der Waals surface area contributed by atoms with Crippen LogP contribution in [-0.4, -0.2) is 32.2 Å². The zero-order chi connectivity index (χ0) is 28.7. The molecule has 42 heavy (non-hydrogen) atoms. The molecule has 6 aromatic rings. The number of hydrogen-bond acceptors (Lipinski definition) is 7. The van der Waals surface area contributed by atoms with Gasteiger partial charge in [0.2, 0.25) is 5.82 Å². The van der Waals surface area contributed by atoms with Crippen LogP contribution in [0, 0.1) is 0 Å². The lowest BCUT2D eigenvalue weighted by Crippen LogP contribution is -2.26. The van der Waals surface area contributed by atoms with Gasteiger partial charge in [-0.15, -0.1) is 21.5 Å². The molecule has 0 spiro atoms. The van der Waals surface area contributed by atoms with E-state index in [1.54, 1.807) is 11.6 Å². The lowest BCUT2D eigenvalue weighted by atomic mass is 9.88. The predicted octanol–water partition coefficient (Wildman–Crippen LogP) is 7.88. The van der Waals surface area contributed by atoms with Gasteiger partial charge in [0.25, 0.3) is 5.91 Å². The predicted molar refractivity (Wildman–Crippen MR) is 167 cm³/mol. The molecule has 0 atom stereocenters. The van der Waals surface area contributed by atoms with Gasteiger partial charge >= 0.3 is 0 Å². The fraction of sp³-hybridized carbons (Fsp3) is 0.125. The highest BCUT2D eigenvalue weighted by Gasteiger charge is 2.20. The molecule has 6 rings (SSSR count). The summed E-state index contributed by atoms with van der Waals surface area (Å²) in [5, 5.41) is 15.8. The van der Waals surface area contributed by atoms with Crippen molar-refractivity contribution in [1.82, 2.24) is 25.1 Å². The number of furan rings is 1. The minimum absolute atomic E-state index is 0.174. The molecule has 0 saturated carbocycles. The Labute approximate surface area is 256 Å². The largest absolute Gasteiger partial charge is 0.461 e. The Balaban J connectivity index is 1.11. The molecule has 1 N–H and O–H groups in total. The second-order valence-electron chi connectivity index (χ2n) is 9.43. The molecule has 1 amide bonds. The number of nitrogens with zero attached hydrogens (tertiary/aromatic N) is 4. The number of thiazole rings is 1. The van der Waals surface area contributed by atoms with E-state index in [0.717, 1.165) is 17.1 Å². The monoisotopic (exact) mass is 611 g/mol. The fourth-order valence-corrected chi connectivity index (χ4v) is 6.55. The number of nitrogens with one attached hydrogen (secondary N) is 1. The number of benzene rings is 3. The number of amides is 1. The highest BCUT2D eigenvalue weighted by atomic mass is 35.5. The third-order valence-corrected chi connectivity index (χ3v) is 8.92. The lowest BCUT2D eigenvalue weighted by molar-refractivity contribution is 0.0948. The Kier molecular flexibility index (Phi) is 8.79. The van der Waals surface area contributed by atoms with Gasteiger partial charge in [-0.3, -0.25) is 9.36 Å². The number of rotatable bonds is 11. The van der Waals surface area contributed by atoms with Crippen LogP contribution in [0.15, 0.2) is 118 Å². The summed E-state index contributed by atoms with van der Waals surface area (Å²) >= 11 is 9.06. The van der Waals surface area contributed by atoms with E-state index in [2.05, 4.69) is 69.0 Å². The normalized spacial score (nSPS) is 11.2. The van der Waals surface area contributed by atoms with Gasteiger partial charge in [-0.25, -0.2) is 4.98 Å². The van der Waals surface area contributed by atoms with Gasteiger partial charge in [-0.2, -0.15) is 0 Å². The molecule has 0 radical (unpaired) electrons.